The highest BCUT2D eigenvalue weighted by atomic mass is 16.5. The topological polar surface area (TPSA) is 76.0 Å². The molecule has 1 fully saturated rings. The second kappa shape index (κ2) is 9.45. The molecule has 0 bridgehead atoms. The van der Waals surface area contributed by atoms with E-state index in [-0.39, 0.29) is 18.4 Å². The average molecular weight is 376 g/mol. The molecule has 0 spiro atoms. The smallest absolute Gasteiger partial charge is 0.303 e. The molecule has 1 saturated carbocycles. The van der Waals surface area contributed by atoms with Crippen molar-refractivity contribution >= 4 is 5.97 Å². The van der Waals surface area contributed by atoms with E-state index in [1.807, 2.05) is 0 Å². The Bertz CT molecular complexity index is 642. The standard InChI is InChI=1S/C22H32O5/c1-2-3-4-8-15-13-18(26-12-7-11-20(24)25)21-16-9-5-6-10-17(23)22(16)27-19(21)14-15/h13-14,16-17,22-23H,2-12H2,1H3,(H,24,25). The number of rotatable bonds is 9. The summed E-state index contributed by atoms with van der Waals surface area (Å²) < 4.78 is 12.3. The summed E-state index contributed by atoms with van der Waals surface area (Å²) in [7, 11) is 0. The highest BCUT2D eigenvalue weighted by Gasteiger charge is 2.42. The summed E-state index contributed by atoms with van der Waals surface area (Å²) in [6.07, 6.45) is 8.34. The van der Waals surface area contributed by atoms with Gasteiger partial charge < -0.3 is 19.7 Å². The predicted octanol–water partition coefficient (Wildman–Crippen LogP) is 4.44. The summed E-state index contributed by atoms with van der Waals surface area (Å²) in [5.74, 6) is 1.04. The number of ether oxygens (including phenoxy) is 2. The van der Waals surface area contributed by atoms with Gasteiger partial charge in [-0.2, -0.15) is 0 Å². The molecular formula is C22H32O5. The summed E-state index contributed by atoms with van der Waals surface area (Å²) in [5.41, 5.74) is 2.27. The Balaban J connectivity index is 1.82. The zero-order valence-corrected chi connectivity index (χ0v) is 16.3. The van der Waals surface area contributed by atoms with Gasteiger partial charge in [-0.3, -0.25) is 4.79 Å². The minimum absolute atomic E-state index is 0.111. The highest BCUT2D eigenvalue weighted by molar-refractivity contribution is 5.66. The Kier molecular flexibility index (Phi) is 7.00. The van der Waals surface area contributed by atoms with Gasteiger partial charge in [-0.1, -0.05) is 32.6 Å². The lowest BCUT2D eigenvalue weighted by atomic mass is 9.89. The first-order valence-electron chi connectivity index (χ1n) is 10.5. The van der Waals surface area contributed by atoms with E-state index in [2.05, 4.69) is 19.1 Å². The molecule has 1 heterocycles. The molecule has 1 aromatic carbocycles. The minimum atomic E-state index is -0.799. The highest BCUT2D eigenvalue weighted by Crippen LogP contribution is 2.49. The van der Waals surface area contributed by atoms with Crippen LogP contribution in [0.25, 0.3) is 0 Å². The van der Waals surface area contributed by atoms with Crippen LogP contribution in [0.3, 0.4) is 0 Å². The quantitative estimate of drug-likeness (QED) is 0.623. The monoisotopic (exact) mass is 376 g/mol. The third-order valence-corrected chi connectivity index (χ3v) is 5.70. The molecule has 150 valence electrons. The zero-order chi connectivity index (χ0) is 19.2. The molecule has 0 radical (unpaired) electrons. The van der Waals surface area contributed by atoms with Crippen LogP contribution in [0.15, 0.2) is 12.1 Å². The maximum absolute atomic E-state index is 10.8. The molecule has 27 heavy (non-hydrogen) atoms. The Morgan fingerprint density at radius 3 is 2.81 bits per heavy atom. The van der Waals surface area contributed by atoms with Gasteiger partial charge in [0.2, 0.25) is 0 Å². The van der Waals surface area contributed by atoms with Crippen LogP contribution in [-0.4, -0.2) is 35.0 Å². The molecule has 2 aliphatic rings. The van der Waals surface area contributed by atoms with E-state index in [1.165, 1.54) is 18.4 Å². The molecule has 3 unspecified atom stereocenters. The maximum atomic E-state index is 10.8. The van der Waals surface area contributed by atoms with Gasteiger partial charge in [0.25, 0.3) is 0 Å². The molecule has 1 aromatic rings. The van der Waals surface area contributed by atoms with E-state index in [1.54, 1.807) is 0 Å². The van der Waals surface area contributed by atoms with E-state index in [9.17, 15) is 9.90 Å². The Labute approximate surface area is 161 Å². The number of aliphatic carboxylic acids is 1. The summed E-state index contributed by atoms with van der Waals surface area (Å²) in [4.78, 5) is 10.8. The lowest BCUT2D eigenvalue weighted by Crippen LogP contribution is -2.31. The van der Waals surface area contributed by atoms with Gasteiger partial charge in [0.1, 0.15) is 17.6 Å². The number of aryl methyl sites for hydroxylation is 1. The molecule has 1 aliphatic carbocycles. The number of carbonyl (C=O) groups is 1. The van der Waals surface area contributed by atoms with Crippen molar-refractivity contribution in [3.05, 3.63) is 23.3 Å². The van der Waals surface area contributed by atoms with E-state index in [0.29, 0.717) is 13.0 Å². The summed E-state index contributed by atoms with van der Waals surface area (Å²) >= 11 is 0. The third kappa shape index (κ3) is 4.95. The number of carboxylic acid groups (broad SMARTS) is 1. The minimum Gasteiger partial charge on any atom is -0.493 e. The number of unbranched alkanes of at least 4 members (excludes halogenated alkanes) is 2. The van der Waals surface area contributed by atoms with E-state index >= 15 is 0 Å². The van der Waals surface area contributed by atoms with Gasteiger partial charge in [0.05, 0.1) is 12.7 Å². The fourth-order valence-electron chi connectivity index (χ4n) is 4.30. The first-order valence-corrected chi connectivity index (χ1v) is 10.5. The van der Waals surface area contributed by atoms with Gasteiger partial charge in [-0.15, -0.1) is 0 Å². The van der Waals surface area contributed by atoms with E-state index in [4.69, 9.17) is 14.6 Å². The molecule has 0 amide bonds. The van der Waals surface area contributed by atoms with Crippen molar-refractivity contribution in [2.24, 2.45) is 0 Å². The van der Waals surface area contributed by atoms with Crippen LogP contribution in [-0.2, 0) is 11.2 Å². The van der Waals surface area contributed by atoms with Gasteiger partial charge in [0, 0.05) is 17.9 Å². The van der Waals surface area contributed by atoms with Gasteiger partial charge in [0.15, 0.2) is 0 Å². The van der Waals surface area contributed by atoms with Gasteiger partial charge in [-0.05, 0) is 49.8 Å². The molecule has 1 aliphatic heterocycles. The molecule has 5 heteroatoms. The zero-order valence-electron chi connectivity index (χ0n) is 16.3. The van der Waals surface area contributed by atoms with Crippen molar-refractivity contribution < 1.29 is 24.5 Å². The largest absolute Gasteiger partial charge is 0.493 e. The van der Waals surface area contributed by atoms with Crippen LogP contribution >= 0.6 is 0 Å². The number of hydrogen-bond donors (Lipinski definition) is 2. The van der Waals surface area contributed by atoms with Crippen molar-refractivity contribution in [2.45, 2.75) is 89.3 Å². The van der Waals surface area contributed by atoms with Crippen LogP contribution in [0.5, 0.6) is 11.5 Å². The Hall–Kier alpha value is -1.75. The van der Waals surface area contributed by atoms with Crippen molar-refractivity contribution in [3.8, 4) is 11.5 Å². The number of aliphatic hydroxyl groups is 1. The molecule has 2 N–H and O–H groups in total. The second-order valence-electron chi connectivity index (χ2n) is 7.85. The normalized spacial score (nSPS) is 23.9. The average Bonchev–Trinajstić information content (AvgIpc) is 2.91. The number of carboxylic acids is 1. The first-order chi connectivity index (χ1) is 13.1. The molecule has 0 saturated heterocycles. The fraction of sp³-hybridized carbons (Fsp3) is 0.682. The third-order valence-electron chi connectivity index (χ3n) is 5.70. The van der Waals surface area contributed by atoms with Crippen LogP contribution in [0.1, 0.15) is 81.8 Å². The van der Waals surface area contributed by atoms with Crippen LogP contribution < -0.4 is 9.47 Å². The Morgan fingerprint density at radius 1 is 1.22 bits per heavy atom. The molecule has 3 atom stereocenters. The van der Waals surface area contributed by atoms with Crippen LogP contribution in [0, 0.1) is 0 Å². The Morgan fingerprint density at radius 2 is 2.04 bits per heavy atom. The van der Waals surface area contributed by atoms with Crippen LogP contribution in [0.2, 0.25) is 0 Å². The maximum Gasteiger partial charge on any atom is 0.303 e. The lowest BCUT2D eigenvalue weighted by molar-refractivity contribution is -0.137. The van der Waals surface area contributed by atoms with E-state index in [0.717, 1.165) is 55.6 Å². The molecule has 5 nitrogen and oxygen atoms in total. The SMILES string of the molecule is CCCCCc1cc(OCCCC(=O)O)c2c(c1)OC1C(O)CCCCC21. The number of fused-ring (bicyclic) bond motifs is 3. The van der Waals surface area contributed by atoms with Crippen LogP contribution in [0.4, 0.5) is 0 Å². The number of benzene rings is 1. The van der Waals surface area contributed by atoms with Gasteiger partial charge in [-0.25, -0.2) is 0 Å². The first kappa shape index (κ1) is 20.0. The molecular weight excluding hydrogens is 344 g/mol. The fourth-order valence-corrected chi connectivity index (χ4v) is 4.30. The van der Waals surface area contributed by atoms with Crippen molar-refractivity contribution in [3.63, 3.8) is 0 Å². The summed E-state index contributed by atoms with van der Waals surface area (Å²) in [5, 5.41) is 19.4. The number of aliphatic hydroxyl groups excluding tert-OH is 1. The predicted molar refractivity (Wildman–Crippen MR) is 104 cm³/mol. The second-order valence-corrected chi connectivity index (χ2v) is 7.85. The molecule has 3 rings (SSSR count). The van der Waals surface area contributed by atoms with Crippen molar-refractivity contribution in [1.82, 2.24) is 0 Å². The summed E-state index contributed by atoms with van der Waals surface area (Å²) in [6.45, 7) is 2.58. The van der Waals surface area contributed by atoms with Crippen molar-refractivity contribution in [1.29, 1.82) is 0 Å². The van der Waals surface area contributed by atoms with Gasteiger partial charge >= 0.3 is 5.97 Å². The van der Waals surface area contributed by atoms with Crippen molar-refractivity contribution in [2.75, 3.05) is 6.61 Å². The van der Waals surface area contributed by atoms with E-state index < -0.39 is 12.1 Å². The summed E-state index contributed by atoms with van der Waals surface area (Å²) in [6, 6.07) is 4.23. The lowest BCUT2D eigenvalue weighted by Gasteiger charge is -2.21. The number of hydrogen-bond acceptors (Lipinski definition) is 4. The molecule has 0 aromatic heterocycles.